The van der Waals surface area contributed by atoms with Crippen molar-refractivity contribution in [2.75, 3.05) is 12.9 Å². The molecule has 0 radical (unpaired) electrons. The Hall–Kier alpha value is -2.43. The van der Waals surface area contributed by atoms with E-state index in [1.165, 1.54) is 0 Å². The average Bonchev–Trinajstić information content (AvgIpc) is 3.51. The summed E-state index contributed by atoms with van der Waals surface area (Å²) in [6, 6.07) is 8.99. The predicted molar refractivity (Wildman–Crippen MR) is 99.0 cm³/mol. The Bertz CT molecular complexity index is 947. The van der Waals surface area contributed by atoms with E-state index < -0.39 is 10.0 Å². The van der Waals surface area contributed by atoms with Gasteiger partial charge in [-0.15, -0.1) is 0 Å². The molecule has 1 unspecified atom stereocenters. The van der Waals surface area contributed by atoms with E-state index in [0.29, 0.717) is 17.2 Å². The van der Waals surface area contributed by atoms with Crippen LogP contribution in [0.2, 0.25) is 0 Å². The van der Waals surface area contributed by atoms with Crippen LogP contribution in [0.1, 0.15) is 36.9 Å². The highest BCUT2D eigenvalue weighted by Gasteiger charge is 2.35. The van der Waals surface area contributed by atoms with Crippen LogP contribution in [0.25, 0.3) is 11.1 Å². The topological polar surface area (TPSA) is 92.1 Å². The monoisotopic (exact) mass is 371 g/mol. The van der Waals surface area contributed by atoms with Crippen LogP contribution in [0.4, 0.5) is 0 Å². The molecule has 1 aromatic heterocycles. The van der Waals surface area contributed by atoms with E-state index in [2.05, 4.69) is 15.8 Å². The molecule has 0 spiro atoms. The fourth-order valence-electron chi connectivity index (χ4n) is 2.92. The first-order valence-electron chi connectivity index (χ1n) is 8.51. The third-order valence-corrected chi connectivity index (χ3v) is 5.91. The molecule has 7 heteroatoms. The van der Waals surface area contributed by atoms with E-state index in [1.54, 1.807) is 38.6 Å². The Balaban J connectivity index is 1.99. The minimum Gasteiger partial charge on any atom is -0.496 e. The van der Waals surface area contributed by atoms with Gasteiger partial charge in [-0.05, 0) is 55.5 Å². The fourth-order valence-corrected chi connectivity index (χ4v) is 3.80. The van der Waals surface area contributed by atoms with E-state index in [4.69, 9.17) is 10.00 Å². The molecule has 0 saturated heterocycles. The maximum absolute atomic E-state index is 12.1. The minimum atomic E-state index is -3.31. The molecule has 0 aliphatic heterocycles. The molecular formula is C19H21N3O3S. The standard InChI is InChI=1S/C19H21N3O3S/c1-3-26(23,24)22-19(14-5-6-14)16-9-15(11-21-12-16)17-7-4-13(10-20)8-18(17)25-2/h4,7-9,11-12,14,19,22H,3,5-6H2,1-2H3. The fraction of sp³-hybridized carbons (Fsp3) is 0.368. The van der Waals surface area contributed by atoms with Crippen LogP contribution in [0.3, 0.4) is 0 Å². The van der Waals surface area contributed by atoms with Crippen LogP contribution in [0.15, 0.2) is 36.7 Å². The minimum absolute atomic E-state index is 0.0484. The molecule has 1 atom stereocenters. The second-order valence-corrected chi connectivity index (χ2v) is 8.41. The lowest BCUT2D eigenvalue weighted by molar-refractivity contribution is 0.416. The molecule has 0 amide bonds. The molecule has 1 aromatic carbocycles. The second-order valence-electron chi connectivity index (χ2n) is 6.37. The van der Waals surface area contributed by atoms with Gasteiger partial charge in [0.05, 0.1) is 30.5 Å². The molecule has 3 rings (SSSR count). The van der Waals surface area contributed by atoms with Gasteiger partial charge >= 0.3 is 0 Å². The van der Waals surface area contributed by atoms with Gasteiger partial charge < -0.3 is 4.74 Å². The summed E-state index contributed by atoms with van der Waals surface area (Å²) in [5.74, 6) is 0.934. The molecule has 1 aliphatic rings. The third kappa shape index (κ3) is 4.03. The Morgan fingerprint density at radius 1 is 1.35 bits per heavy atom. The SMILES string of the molecule is CCS(=O)(=O)NC(c1cncc(-c2ccc(C#N)cc2OC)c1)C1CC1. The molecule has 6 nitrogen and oxygen atoms in total. The van der Waals surface area contributed by atoms with Crippen molar-refractivity contribution in [3.63, 3.8) is 0 Å². The molecule has 1 heterocycles. The first-order chi connectivity index (χ1) is 12.5. The smallest absolute Gasteiger partial charge is 0.211 e. The van der Waals surface area contributed by atoms with Crippen LogP contribution in [-0.4, -0.2) is 26.3 Å². The number of nitrogens with one attached hydrogen (secondary N) is 1. The lowest BCUT2D eigenvalue weighted by Crippen LogP contribution is -2.31. The lowest BCUT2D eigenvalue weighted by atomic mass is 9.99. The Morgan fingerprint density at radius 2 is 2.12 bits per heavy atom. The number of nitrogens with zero attached hydrogens (tertiary/aromatic N) is 2. The number of methoxy groups -OCH3 is 1. The summed E-state index contributed by atoms with van der Waals surface area (Å²) in [4.78, 5) is 4.31. The highest BCUT2D eigenvalue weighted by atomic mass is 32.2. The summed E-state index contributed by atoms with van der Waals surface area (Å²) in [5, 5.41) is 9.05. The molecular weight excluding hydrogens is 350 g/mol. The number of sulfonamides is 1. The zero-order chi connectivity index (χ0) is 18.7. The second kappa shape index (κ2) is 7.44. The maximum atomic E-state index is 12.1. The zero-order valence-electron chi connectivity index (χ0n) is 14.8. The largest absolute Gasteiger partial charge is 0.496 e. The summed E-state index contributed by atoms with van der Waals surface area (Å²) in [6.45, 7) is 1.63. The zero-order valence-corrected chi connectivity index (χ0v) is 15.6. The van der Waals surface area contributed by atoms with E-state index in [-0.39, 0.29) is 11.8 Å². The number of benzene rings is 1. The van der Waals surface area contributed by atoms with Crippen molar-refractivity contribution in [2.24, 2.45) is 5.92 Å². The number of hydrogen-bond donors (Lipinski definition) is 1. The predicted octanol–water partition coefficient (Wildman–Crippen LogP) is 3.02. The Morgan fingerprint density at radius 3 is 2.73 bits per heavy atom. The van der Waals surface area contributed by atoms with Gasteiger partial charge in [0, 0.05) is 23.5 Å². The van der Waals surface area contributed by atoms with Crippen LogP contribution >= 0.6 is 0 Å². The first-order valence-corrected chi connectivity index (χ1v) is 10.2. The average molecular weight is 371 g/mol. The van der Waals surface area contributed by atoms with Gasteiger partial charge in [-0.2, -0.15) is 5.26 Å². The van der Waals surface area contributed by atoms with Crippen molar-refractivity contribution in [1.29, 1.82) is 5.26 Å². The van der Waals surface area contributed by atoms with Crippen molar-refractivity contribution < 1.29 is 13.2 Å². The van der Waals surface area contributed by atoms with Crippen LogP contribution in [-0.2, 0) is 10.0 Å². The number of pyridine rings is 1. The Kier molecular flexibility index (Phi) is 5.25. The van der Waals surface area contributed by atoms with Gasteiger partial charge in [0.1, 0.15) is 5.75 Å². The normalized spacial score (nSPS) is 15.3. The summed E-state index contributed by atoms with van der Waals surface area (Å²) >= 11 is 0. The summed E-state index contributed by atoms with van der Waals surface area (Å²) < 4.78 is 32.3. The molecule has 26 heavy (non-hydrogen) atoms. The van der Waals surface area contributed by atoms with Gasteiger partial charge in [0.25, 0.3) is 0 Å². The van der Waals surface area contributed by atoms with Crippen molar-refractivity contribution in [1.82, 2.24) is 9.71 Å². The van der Waals surface area contributed by atoms with E-state index in [1.807, 2.05) is 12.1 Å². The first kappa shape index (κ1) is 18.4. The number of ether oxygens (including phenoxy) is 1. The number of nitriles is 1. The molecule has 1 aliphatic carbocycles. The number of rotatable bonds is 7. The van der Waals surface area contributed by atoms with E-state index in [9.17, 15) is 8.42 Å². The van der Waals surface area contributed by atoms with Gasteiger partial charge in [-0.25, -0.2) is 13.1 Å². The van der Waals surface area contributed by atoms with E-state index in [0.717, 1.165) is 29.5 Å². The van der Waals surface area contributed by atoms with Crippen LogP contribution in [0.5, 0.6) is 5.75 Å². The molecule has 1 N–H and O–H groups in total. The van der Waals surface area contributed by atoms with Crippen LogP contribution < -0.4 is 9.46 Å². The molecule has 1 fully saturated rings. The van der Waals surface area contributed by atoms with Crippen molar-refractivity contribution in [3.05, 3.63) is 47.8 Å². The van der Waals surface area contributed by atoms with E-state index >= 15 is 0 Å². The summed E-state index contributed by atoms with van der Waals surface area (Å²) in [6.07, 6.45) is 5.43. The van der Waals surface area contributed by atoms with Gasteiger partial charge in [-0.1, -0.05) is 0 Å². The van der Waals surface area contributed by atoms with Crippen molar-refractivity contribution in [2.45, 2.75) is 25.8 Å². The van der Waals surface area contributed by atoms with Crippen molar-refractivity contribution in [3.8, 4) is 22.9 Å². The van der Waals surface area contributed by atoms with Crippen LogP contribution in [0, 0.1) is 17.2 Å². The maximum Gasteiger partial charge on any atom is 0.211 e. The molecule has 1 saturated carbocycles. The van der Waals surface area contributed by atoms with Gasteiger partial charge in [0.2, 0.25) is 10.0 Å². The lowest BCUT2D eigenvalue weighted by Gasteiger charge is -2.19. The van der Waals surface area contributed by atoms with Crippen molar-refractivity contribution >= 4 is 10.0 Å². The quantitative estimate of drug-likeness (QED) is 0.808. The van der Waals surface area contributed by atoms with Gasteiger partial charge in [0.15, 0.2) is 0 Å². The number of hydrogen-bond acceptors (Lipinski definition) is 5. The molecule has 0 bridgehead atoms. The molecule has 2 aromatic rings. The molecule has 136 valence electrons. The Labute approximate surface area is 153 Å². The highest BCUT2D eigenvalue weighted by Crippen LogP contribution is 2.42. The third-order valence-electron chi connectivity index (χ3n) is 4.54. The van der Waals surface area contributed by atoms with Gasteiger partial charge in [-0.3, -0.25) is 4.98 Å². The highest BCUT2D eigenvalue weighted by molar-refractivity contribution is 7.89. The number of aromatic nitrogens is 1. The summed E-state index contributed by atoms with van der Waals surface area (Å²) in [5.41, 5.74) is 2.99. The summed E-state index contributed by atoms with van der Waals surface area (Å²) in [7, 11) is -1.75.